The van der Waals surface area contributed by atoms with Gasteiger partial charge in [0.05, 0.1) is 0 Å². The zero-order valence-corrected chi connectivity index (χ0v) is 9.96. The maximum absolute atomic E-state index is 10.8. The molecule has 0 rings (SSSR count). The molecule has 0 aliphatic carbocycles. The molecule has 0 amide bonds. The van der Waals surface area contributed by atoms with Crippen molar-refractivity contribution in [3.8, 4) is 0 Å². The van der Waals surface area contributed by atoms with Crippen LogP contribution in [0, 0.1) is 5.92 Å². The normalized spacial score (nSPS) is 12.5. The molecule has 0 unspecified atom stereocenters. The minimum Gasteiger partial charge on any atom is -0.300 e. The summed E-state index contributed by atoms with van der Waals surface area (Å²) in [7, 11) is 3.35. The SMILES string of the molecule is CC(=O)CCSSC[C@H](C)C(C)=O. The van der Waals surface area contributed by atoms with Gasteiger partial charge in [-0.25, -0.2) is 0 Å². The van der Waals surface area contributed by atoms with Crippen LogP contribution >= 0.6 is 21.6 Å². The first-order chi connectivity index (χ1) is 6.04. The maximum atomic E-state index is 10.8. The highest BCUT2D eigenvalue weighted by Crippen LogP contribution is 2.24. The summed E-state index contributed by atoms with van der Waals surface area (Å²) >= 11 is 0. The lowest BCUT2D eigenvalue weighted by Gasteiger charge is -2.05. The van der Waals surface area contributed by atoms with Gasteiger partial charge in [0.1, 0.15) is 11.6 Å². The van der Waals surface area contributed by atoms with Gasteiger partial charge in [0.15, 0.2) is 0 Å². The average molecular weight is 220 g/mol. The molecule has 4 heteroatoms. The molecular weight excluding hydrogens is 204 g/mol. The van der Waals surface area contributed by atoms with Crippen molar-refractivity contribution in [2.75, 3.05) is 11.5 Å². The zero-order valence-electron chi connectivity index (χ0n) is 8.33. The monoisotopic (exact) mass is 220 g/mol. The lowest BCUT2D eigenvalue weighted by Crippen LogP contribution is -2.08. The Hall–Kier alpha value is 0.0400. The second-order valence-electron chi connectivity index (χ2n) is 3.07. The Morgan fingerprint density at radius 1 is 1.23 bits per heavy atom. The minimum atomic E-state index is 0.134. The molecule has 0 radical (unpaired) electrons. The Kier molecular flexibility index (Phi) is 7.47. The van der Waals surface area contributed by atoms with E-state index in [0.29, 0.717) is 6.42 Å². The standard InChI is InChI=1S/C9H16O2S2/c1-7(9(3)11)6-13-12-5-4-8(2)10/h7H,4-6H2,1-3H3/t7-/m0/s1. The molecule has 0 saturated heterocycles. The Bertz CT molecular complexity index is 180. The van der Waals surface area contributed by atoms with Gasteiger partial charge < -0.3 is 0 Å². The summed E-state index contributed by atoms with van der Waals surface area (Å²) in [5.41, 5.74) is 0. The number of ketones is 2. The van der Waals surface area contributed by atoms with Gasteiger partial charge in [-0.1, -0.05) is 28.5 Å². The van der Waals surface area contributed by atoms with Crippen molar-refractivity contribution in [3.05, 3.63) is 0 Å². The van der Waals surface area contributed by atoms with Crippen molar-refractivity contribution in [2.45, 2.75) is 27.2 Å². The third-order valence-electron chi connectivity index (χ3n) is 1.63. The number of hydrogen-bond donors (Lipinski definition) is 0. The summed E-state index contributed by atoms with van der Waals surface area (Å²) in [5.74, 6) is 2.30. The topological polar surface area (TPSA) is 34.1 Å². The fourth-order valence-electron chi connectivity index (χ4n) is 0.512. The number of rotatable bonds is 7. The van der Waals surface area contributed by atoms with E-state index < -0.39 is 0 Å². The predicted octanol–water partition coefficient (Wildman–Crippen LogP) is 2.57. The molecule has 0 bridgehead atoms. The third kappa shape index (κ3) is 8.37. The van der Waals surface area contributed by atoms with Crippen LogP contribution in [0.25, 0.3) is 0 Å². The van der Waals surface area contributed by atoms with Gasteiger partial charge in [0.25, 0.3) is 0 Å². The van der Waals surface area contributed by atoms with Crippen LogP contribution < -0.4 is 0 Å². The van der Waals surface area contributed by atoms with E-state index in [1.807, 2.05) is 6.92 Å². The smallest absolute Gasteiger partial charge is 0.133 e. The van der Waals surface area contributed by atoms with Gasteiger partial charge >= 0.3 is 0 Å². The Balaban J connectivity index is 3.26. The van der Waals surface area contributed by atoms with Crippen molar-refractivity contribution in [2.24, 2.45) is 5.92 Å². The molecule has 0 spiro atoms. The van der Waals surface area contributed by atoms with E-state index in [2.05, 4.69) is 0 Å². The number of carbonyl (C=O) groups is 2. The van der Waals surface area contributed by atoms with Crippen LogP contribution in [0.1, 0.15) is 27.2 Å². The molecule has 0 heterocycles. The lowest BCUT2D eigenvalue weighted by atomic mass is 10.1. The summed E-state index contributed by atoms with van der Waals surface area (Å²) in [5, 5.41) is 0. The molecule has 13 heavy (non-hydrogen) atoms. The minimum absolute atomic E-state index is 0.134. The fraction of sp³-hybridized carbons (Fsp3) is 0.778. The van der Waals surface area contributed by atoms with Crippen molar-refractivity contribution in [3.63, 3.8) is 0 Å². The van der Waals surface area contributed by atoms with Crippen molar-refractivity contribution < 1.29 is 9.59 Å². The second kappa shape index (κ2) is 7.44. The van der Waals surface area contributed by atoms with Gasteiger partial charge in [-0.3, -0.25) is 9.59 Å². The molecule has 0 aromatic rings. The Labute approximate surface area is 87.6 Å². The van der Waals surface area contributed by atoms with Gasteiger partial charge in [-0.15, -0.1) is 0 Å². The predicted molar refractivity (Wildman–Crippen MR) is 60.1 cm³/mol. The highest BCUT2D eigenvalue weighted by atomic mass is 33.1. The second-order valence-corrected chi connectivity index (χ2v) is 5.70. The molecule has 0 N–H and O–H groups in total. The van der Waals surface area contributed by atoms with E-state index in [4.69, 9.17) is 0 Å². The molecule has 0 saturated carbocycles. The van der Waals surface area contributed by atoms with Crippen LogP contribution in [0.3, 0.4) is 0 Å². The van der Waals surface area contributed by atoms with Gasteiger partial charge in [-0.05, 0) is 13.8 Å². The highest BCUT2D eigenvalue weighted by Gasteiger charge is 2.07. The van der Waals surface area contributed by atoms with Gasteiger partial charge in [0, 0.05) is 23.8 Å². The first kappa shape index (κ1) is 13.0. The Morgan fingerprint density at radius 2 is 1.85 bits per heavy atom. The Morgan fingerprint density at radius 3 is 2.31 bits per heavy atom. The maximum Gasteiger partial charge on any atom is 0.133 e. The van der Waals surface area contributed by atoms with Crippen LogP contribution in [0.2, 0.25) is 0 Å². The lowest BCUT2D eigenvalue weighted by molar-refractivity contribution is -0.119. The van der Waals surface area contributed by atoms with Crippen LogP contribution in [-0.2, 0) is 9.59 Å². The summed E-state index contributed by atoms with van der Waals surface area (Å²) in [6, 6.07) is 0. The average Bonchev–Trinajstić information content (AvgIpc) is 2.02. The van der Waals surface area contributed by atoms with E-state index in [-0.39, 0.29) is 17.5 Å². The van der Waals surface area contributed by atoms with Crippen molar-refractivity contribution >= 4 is 33.2 Å². The van der Waals surface area contributed by atoms with Crippen LogP contribution in [0.4, 0.5) is 0 Å². The first-order valence-electron chi connectivity index (χ1n) is 4.28. The van der Waals surface area contributed by atoms with Crippen LogP contribution in [0.5, 0.6) is 0 Å². The van der Waals surface area contributed by atoms with Gasteiger partial charge in [-0.2, -0.15) is 0 Å². The first-order valence-corrected chi connectivity index (χ1v) is 6.77. The summed E-state index contributed by atoms with van der Waals surface area (Å²) in [6.45, 7) is 5.15. The van der Waals surface area contributed by atoms with E-state index >= 15 is 0 Å². The van der Waals surface area contributed by atoms with Crippen LogP contribution in [-0.4, -0.2) is 23.1 Å². The summed E-state index contributed by atoms with van der Waals surface area (Å²) in [4.78, 5) is 21.4. The molecule has 76 valence electrons. The third-order valence-corrected chi connectivity index (χ3v) is 4.21. The van der Waals surface area contributed by atoms with Crippen LogP contribution in [0.15, 0.2) is 0 Å². The van der Waals surface area contributed by atoms with E-state index in [1.165, 1.54) is 0 Å². The van der Waals surface area contributed by atoms with E-state index in [1.54, 1.807) is 35.4 Å². The largest absolute Gasteiger partial charge is 0.300 e. The highest BCUT2D eigenvalue weighted by molar-refractivity contribution is 8.76. The quantitative estimate of drug-likeness (QED) is 0.488. The summed E-state index contributed by atoms with van der Waals surface area (Å²) < 4.78 is 0. The fourth-order valence-corrected chi connectivity index (χ4v) is 3.04. The van der Waals surface area contributed by atoms with E-state index in [9.17, 15) is 9.59 Å². The molecule has 0 aliphatic rings. The van der Waals surface area contributed by atoms with Crippen molar-refractivity contribution in [1.82, 2.24) is 0 Å². The molecular formula is C9H16O2S2. The molecule has 1 atom stereocenters. The summed E-state index contributed by atoms with van der Waals surface area (Å²) in [6.07, 6.45) is 0.631. The molecule has 0 aromatic heterocycles. The molecule has 0 aromatic carbocycles. The van der Waals surface area contributed by atoms with Crippen molar-refractivity contribution in [1.29, 1.82) is 0 Å². The van der Waals surface area contributed by atoms with E-state index in [0.717, 1.165) is 11.5 Å². The van der Waals surface area contributed by atoms with Gasteiger partial charge in [0.2, 0.25) is 0 Å². The molecule has 2 nitrogen and oxygen atoms in total. The number of hydrogen-bond acceptors (Lipinski definition) is 4. The zero-order chi connectivity index (χ0) is 10.3. The number of Topliss-reactive ketones (excluding diaryl/α,β-unsaturated/α-hetero) is 2. The molecule has 0 fully saturated rings. The number of carbonyl (C=O) groups excluding carboxylic acids is 2. The molecule has 0 aliphatic heterocycles.